The van der Waals surface area contributed by atoms with Crippen LogP contribution in [0.4, 0.5) is 5.69 Å². The third kappa shape index (κ3) is 5.27. The van der Waals surface area contributed by atoms with Crippen LogP contribution in [0.5, 0.6) is 0 Å². The summed E-state index contributed by atoms with van der Waals surface area (Å²) in [4.78, 5) is 48.2. The first-order chi connectivity index (χ1) is 17.5. The quantitative estimate of drug-likeness (QED) is 0.617. The maximum Gasteiger partial charge on any atom is 0.241 e. The van der Waals surface area contributed by atoms with E-state index in [0.717, 1.165) is 37.2 Å². The van der Waals surface area contributed by atoms with E-state index < -0.39 is 0 Å². The molecule has 2 amide bonds. The van der Waals surface area contributed by atoms with Crippen molar-refractivity contribution in [3.63, 3.8) is 0 Å². The van der Waals surface area contributed by atoms with Crippen LogP contribution >= 0.6 is 0 Å². The summed E-state index contributed by atoms with van der Waals surface area (Å²) in [6.45, 7) is 5.61. The normalized spacial score (nSPS) is 24.6. The molecule has 3 aliphatic rings. The van der Waals surface area contributed by atoms with E-state index in [9.17, 15) is 14.4 Å². The van der Waals surface area contributed by atoms with Crippen molar-refractivity contribution in [2.45, 2.75) is 38.3 Å². The van der Waals surface area contributed by atoms with Gasteiger partial charge in [-0.3, -0.25) is 19.4 Å². The van der Waals surface area contributed by atoms with Gasteiger partial charge < -0.3 is 14.7 Å². The predicted octanol–water partition coefficient (Wildman–Crippen LogP) is 1.78. The van der Waals surface area contributed by atoms with Crippen LogP contribution in [0.2, 0.25) is 0 Å². The average Bonchev–Trinajstić information content (AvgIpc) is 3.43. The zero-order valence-corrected chi connectivity index (χ0v) is 20.7. The average molecular weight is 491 g/mol. The van der Waals surface area contributed by atoms with E-state index in [2.05, 4.69) is 20.7 Å². The summed E-state index contributed by atoms with van der Waals surface area (Å²) in [5.74, 6) is 0.140. The molecule has 3 aliphatic heterocycles. The number of ketones is 1. The van der Waals surface area contributed by atoms with Gasteiger partial charge in [0.15, 0.2) is 5.78 Å². The first-order valence-electron chi connectivity index (χ1n) is 12.8. The number of piperazine rings is 1. The van der Waals surface area contributed by atoms with Gasteiger partial charge in [-0.15, -0.1) is 0 Å². The second kappa shape index (κ2) is 10.8. The van der Waals surface area contributed by atoms with Crippen molar-refractivity contribution in [3.8, 4) is 0 Å². The van der Waals surface area contributed by atoms with Crippen molar-refractivity contribution in [2.75, 3.05) is 44.2 Å². The van der Waals surface area contributed by atoms with Gasteiger partial charge in [0, 0.05) is 69.0 Å². The van der Waals surface area contributed by atoms with Crippen LogP contribution in [0.1, 0.15) is 48.1 Å². The van der Waals surface area contributed by atoms with Crippen LogP contribution in [0, 0.1) is 5.92 Å². The molecule has 0 radical (unpaired) electrons. The minimum Gasteiger partial charge on any atom is -0.368 e. The first kappa shape index (κ1) is 24.4. The third-order valence-electron chi connectivity index (χ3n) is 7.62. The van der Waals surface area contributed by atoms with Crippen molar-refractivity contribution in [1.29, 1.82) is 0 Å². The Bertz CT molecular complexity index is 1080. The lowest BCUT2D eigenvalue weighted by Gasteiger charge is -2.40. The number of hydrazine groups is 1. The lowest BCUT2D eigenvalue weighted by atomic mass is 9.95. The molecule has 3 unspecified atom stereocenters. The van der Waals surface area contributed by atoms with Gasteiger partial charge in [-0.25, -0.2) is 10.9 Å². The highest BCUT2D eigenvalue weighted by Gasteiger charge is 2.37. The van der Waals surface area contributed by atoms with Crippen molar-refractivity contribution in [3.05, 3.63) is 59.9 Å². The lowest BCUT2D eigenvalue weighted by Crippen LogP contribution is -2.54. The SMILES string of the molecule is CC(=O)c1ccc(N2CCN(C(=O)C3CCCN(C(=O)C4CC(c5ccncc5)NN4)C3)CC2)cc1. The van der Waals surface area contributed by atoms with Gasteiger partial charge in [0.2, 0.25) is 11.8 Å². The molecule has 1 aromatic carbocycles. The molecule has 0 aliphatic carbocycles. The number of hydrogen-bond acceptors (Lipinski definition) is 7. The van der Waals surface area contributed by atoms with Crippen LogP contribution in [-0.4, -0.2) is 77.7 Å². The summed E-state index contributed by atoms with van der Waals surface area (Å²) < 4.78 is 0. The Morgan fingerprint density at radius 1 is 0.861 bits per heavy atom. The molecule has 9 heteroatoms. The molecule has 1 aromatic heterocycles. The first-order valence-corrected chi connectivity index (χ1v) is 12.8. The molecule has 4 heterocycles. The highest BCUT2D eigenvalue weighted by Crippen LogP contribution is 2.26. The molecule has 0 saturated carbocycles. The third-order valence-corrected chi connectivity index (χ3v) is 7.62. The molecule has 3 atom stereocenters. The summed E-state index contributed by atoms with van der Waals surface area (Å²) >= 11 is 0. The van der Waals surface area contributed by atoms with Crippen LogP contribution in [0.15, 0.2) is 48.8 Å². The molecular formula is C27H34N6O3. The Kier molecular flexibility index (Phi) is 7.29. The van der Waals surface area contributed by atoms with Gasteiger partial charge in [0.1, 0.15) is 6.04 Å². The molecule has 190 valence electrons. The van der Waals surface area contributed by atoms with E-state index in [1.807, 2.05) is 46.2 Å². The summed E-state index contributed by atoms with van der Waals surface area (Å²) in [7, 11) is 0. The second-order valence-electron chi connectivity index (χ2n) is 9.95. The molecular weight excluding hydrogens is 456 g/mol. The van der Waals surface area contributed by atoms with Gasteiger partial charge in [0.25, 0.3) is 0 Å². The van der Waals surface area contributed by atoms with E-state index in [1.54, 1.807) is 19.3 Å². The number of aromatic nitrogens is 1. The summed E-state index contributed by atoms with van der Waals surface area (Å²) in [5, 5.41) is 0. The molecule has 5 rings (SSSR count). The standard InChI is InChI=1S/C27H34N6O3/c1-19(34)20-4-6-23(7-5-20)31-13-15-32(16-14-31)26(35)22-3-2-12-33(18-22)27(36)25-17-24(29-30-25)21-8-10-28-11-9-21/h4-11,22,24-25,29-30H,2-3,12-18H2,1H3. The number of benzene rings is 1. The molecule has 36 heavy (non-hydrogen) atoms. The molecule has 0 spiro atoms. The van der Waals surface area contributed by atoms with Gasteiger partial charge in [0.05, 0.1) is 5.92 Å². The fraction of sp³-hybridized carbons (Fsp3) is 0.481. The monoisotopic (exact) mass is 490 g/mol. The van der Waals surface area contributed by atoms with Crippen LogP contribution in [-0.2, 0) is 9.59 Å². The number of hydrogen-bond donors (Lipinski definition) is 2. The van der Waals surface area contributed by atoms with E-state index in [-0.39, 0.29) is 35.6 Å². The van der Waals surface area contributed by atoms with Crippen molar-refractivity contribution >= 4 is 23.3 Å². The Labute approximate surface area is 211 Å². The predicted molar refractivity (Wildman–Crippen MR) is 136 cm³/mol. The number of anilines is 1. The van der Waals surface area contributed by atoms with E-state index in [1.165, 1.54) is 0 Å². The smallest absolute Gasteiger partial charge is 0.241 e. The lowest BCUT2D eigenvalue weighted by molar-refractivity contribution is -0.142. The number of rotatable bonds is 5. The Morgan fingerprint density at radius 3 is 2.28 bits per heavy atom. The fourth-order valence-electron chi connectivity index (χ4n) is 5.48. The van der Waals surface area contributed by atoms with Crippen molar-refractivity contribution < 1.29 is 14.4 Å². The number of nitrogens with zero attached hydrogens (tertiary/aromatic N) is 4. The number of piperidine rings is 1. The van der Waals surface area contributed by atoms with E-state index in [0.29, 0.717) is 38.2 Å². The number of likely N-dealkylation sites (tertiary alicyclic amines) is 1. The van der Waals surface area contributed by atoms with Crippen LogP contribution in [0.3, 0.4) is 0 Å². The highest BCUT2D eigenvalue weighted by molar-refractivity contribution is 5.94. The molecule has 3 saturated heterocycles. The number of pyridine rings is 1. The Hall–Kier alpha value is -3.30. The zero-order valence-electron chi connectivity index (χ0n) is 20.7. The molecule has 9 nitrogen and oxygen atoms in total. The van der Waals surface area contributed by atoms with Crippen molar-refractivity contribution in [1.82, 2.24) is 25.6 Å². The van der Waals surface area contributed by atoms with Gasteiger partial charge in [-0.05, 0) is 68.1 Å². The van der Waals surface area contributed by atoms with Gasteiger partial charge in [-0.2, -0.15) is 0 Å². The van der Waals surface area contributed by atoms with E-state index in [4.69, 9.17) is 0 Å². The minimum absolute atomic E-state index is 0.0607. The Balaban J connectivity index is 1.13. The number of nitrogens with one attached hydrogen (secondary N) is 2. The maximum absolute atomic E-state index is 13.3. The van der Waals surface area contributed by atoms with Crippen LogP contribution < -0.4 is 15.8 Å². The van der Waals surface area contributed by atoms with E-state index >= 15 is 0 Å². The topological polar surface area (TPSA) is 97.9 Å². The molecule has 3 fully saturated rings. The largest absolute Gasteiger partial charge is 0.368 e. The fourth-order valence-corrected chi connectivity index (χ4v) is 5.48. The Morgan fingerprint density at radius 2 is 1.58 bits per heavy atom. The van der Waals surface area contributed by atoms with Crippen molar-refractivity contribution in [2.24, 2.45) is 5.92 Å². The van der Waals surface area contributed by atoms with Gasteiger partial charge in [-0.1, -0.05) is 0 Å². The number of Topliss-reactive ketones (excluding diaryl/α,β-unsaturated/α-hetero) is 1. The summed E-state index contributed by atoms with van der Waals surface area (Å²) in [5.41, 5.74) is 9.28. The number of amides is 2. The van der Waals surface area contributed by atoms with Gasteiger partial charge >= 0.3 is 0 Å². The molecule has 2 aromatic rings. The maximum atomic E-state index is 13.3. The molecule has 0 bridgehead atoms. The summed E-state index contributed by atoms with van der Waals surface area (Å²) in [6.07, 6.45) is 5.87. The highest BCUT2D eigenvalue weighted by atomic mass is 16.2. The minimum atomic E-state index is -0.296. The number of carbonyl (C=O) groups excluding carboxylic acids is 3. The summed E-state index contributed by atoms with van der Waals surface area (Å²) in [6, 6.07) is 11.4. The second-order valence-corrected chi connectivity index (χ2v) is 9.95. The number of carbonyl (C=O) groups is 3. The molecule has 2 N–H and O–H groups in total. The zero-order chi connectivity index (χ0) is 25.1. The van der Waals surface area contributed by atoms with Crippen LogP contribution in [0.25, 0.3) is 0 Å².